The van der Waals surface area contributed by atoms with Crippen LogP contribution in [0.4, 0.5) is 5.69 Å². The summed E-state index contributed by atoms with van der Waals surface area (Å²) in [5.74, 6) is 0.551. The summed E-state index contributed by atoms with van der Waals surface area (Å²) in [7, 11) is 1.60. The number of carbonyl (C=O) groups is 1. The molecule has 1 amide bonds. The number of nitrogens with zero attached hydrogens (tertiary/aromatic N) is 4. The molecule has 0 spiro atoms. The lowest BCUT2D eigenvalue weighted by atomic mass is 9.85. The molecule has 1 aliphatic heterocycles. The summed E-state index contributed by atoms with van der Waals surface area (Å²) in [6, 6.07) is 15.2. The molecular weight excluding hydrogens is 406 g/mol. The Kier molecular flexibility index (Phi) is 5.80. The Labute approximate surface area is 187 Å². The van der Waals surface area contributed by atoms with Crippen LogP contribution < -0.4 is 15.4 Å². The number of ether oxygens (including phenoxy) is 1. The molecule has 8 heteroatoms. The second kappa shape index (κ2) is 8.55. The summed E-state index contributed by atoms with van der Waals surface area (Å²) in [6.45, 7) is 5.16. The molecule has 0 saturated carbocycles. The van der Waals surface area contributed by atoms with Crippen LogP contribution in [0.5, 0.6) is 5.75 Å². The van der Waals surface area contributed by atoms with Crippen LogP contribution in [0.2, 0.25) is 0 Å². The highest BCUT2D eigenvalue weighted by Crippen LogP contribution is 2.31. The lowest BCUT2D eigenvalue weighted by Gasteiger charge is -2.29. The van der Waals surface area contributed by atoms with E-state index in [0.717, 1.165) is 22.5 Å². The smallest absolute Gasteiger partial charge is 0.277 e. The van der Waals surface area contributed by atoms with E-state index in [1.54, 1.807) is 16.7 Å². The number of amides is 1. The van der Waals surface area contributed by atoms with Gasteiger partial charge < -0.3 is 15.4 Å². The quantitative estimate of drug-likeness (QED) is 0.574. The van der Waals surface area contributed by atoms with Gasteiger partial charge in [0.2, 0.25) is 0 Å². The Morgan fingerprint density at radius 1 is 1.09 bits per heavy atom. The van der Waals surface area contributed by atoms with Gasteiger partial charge in [0, 0.05) is 29.8 Å². The molecule has 0 unspecified atom stereocenters. The van der Waals surface area contributed by atoms with Crippen LogP contribution in [-0.2, 0) is 18.4 Å². The van der Waals surface area contributed by atoms with E-state index in [0.29, 0.717) is 36.6 Å². The third-order valence-electron chi connectivity index (χ3n) is 6.10. The number of nitroso groups, excluding NO2 is 1. The first-order valence-electron chi connectivity index (χ1n) is 10.6. The molecule has 4 rings (SSSR count). The van der Waals surface area contributed by atoms with Crippen LogP contribution in [0.15, 0.2) is 53.7 Å². The van der Waals surface area contributed by atoms with Gasteiger partial charge in [-0.05, 0) is 48.4 Å². The van der Waals surface area contributed by atoms with Gasteiger partial charge in [-0.25, -0.2) is 4.68 Å². The Bertz CT molecular complexity index is 1130. The molecule has 8 nitrogen and oxygen atoms in total. The van der Waals surface area contributed by atoms with Gasteiger partial charge in [-0.3, -0.25) is 4.79 Å². The molecule has 0 atom stereocenters. The molecule has 32 heavy (non-hydrogen) atoms. The zero-order chi connectivity index (χ0) is 22.9. The van der Waals surface area contributed by atoms with Gasteiger partial charge in [-0.2, -0.15) is 10.0 Å². The first-order valence-corrected chi connectivity index (χ1v) is 10.6. The van der Waals surface area contributed by atoms with Crippen molar-refractivity contribution in [3.63, 3.8) is 0 Å². The van der Waals surface area contributed by atoms with E-state index in [1.807, 2.05) is 48.5 Å². The molecule has 1 aromatic heterocycles. The van der Waals surface area contributed by atoms with Crippen LogP contribution in [0.25, 0.3) is 5.69 Å². The lowest BCUT2D eigenvalue weighted by molar-refractivity contribution is 0.0973. The summed E-state index contributed by atoms with van der Waals surface area (Å²) < 4.78 is 6.84. The second-order valence-corrected chi connectivity index (χ2v) is 8.51. The molecule has 0 bridgehead atoms. The third kappa shape index (κ3) is 3.78. The molecule has 2 aromatic carbocycles. The van der Waals surface area contributed by atoms with Crippen molar-refractivity contribution in [2.75, 3.05) is 25.1 Å². The molecule has 2 N–H and O–H groups in total. The Morgan fingerprint density at radius 3 is 2.34 bits per heavy atom. The van der Waals surface area contributed by atoms with Gasteiger partial charge in [0.15, 0.2) is 0 Å². The van der Waals surface area contributed by atoms with Crippen LogP contribution in [0, 0.1) is 4.91 Å². The van der Waals surface area contributed by atoms with E-state index in [1.165, 1.54) is 0 Å². The van der Waals surface area contributed by atoms with E-state index < -0.39 is 0 Å². The number of anilines is 1. The zero-order valence-electron chi connectivity index (χ0n) is 18.5. The maximum Gasteiger partial charge on any atom is 0.277 e. The number of hydrogen-bond donors (Lipinski definition) is 1. The number of hydrogen-bond acceptors (Lipinski definition) is 6. The highest BCUT2D eigenvalue weighted by atomic mass is 16.5. The van der Waals surface area contributed by atoms with Gasteiger partial charge in [0.1, 0.15) is 18.0 Å². The molecule has 2 heterocycles. The number of fused-ring (bicyclic) bond motifs is 1. The fourth-order valence-electron chi connectivity index (χ4n) is 3.99. The zero-order valence-corrected chi connectivity index (χ0v) is 18.5. The number of methoxy groups -OCH3 is 1. The van der Waals surface area contributed by atoms with E-state index >= 15 is 0 Å². The second-order valence-electron chi connectivity index (χ2n) is 8.51. The summed E-state index contributed by atoms with van der Waals surface area (Å²) in [6.07, 6.45) is 0.595. The highest BCUT2D eigenvalue weighted by Gasteiger charge is 2.33. The van der Waals surface area contributed by atoms with Gasteiger partial charge in [0.05, 0.1) is 18.5 Å². The van der Waals surface area contributed by atoms with Crippen LogP contribution in [0.1, 0.15) is 41.2 Å². The molecule has 166 valence electrons. The summed E-state index contributed by atoms with van der Waals surface area (Å²) in [5.41, 5.74) is 10.2. The number of nitrogens with two attached hydrogens (primary N) is 1. The van der Waals surface area contributed by atoms with Gasteiger partial charge in [-0.1, -0.05) is 31.2 Å². The van der Waals surface area contributed by atoms with Crippen molar-refractivity contribution in [2.24, 2.45) is 10.9 Å². The van der Waals surface area contributed by atoms with Crippen LogP contribution in [-0.4, -0.2) is 35.9 Å². The maximum atomic E-state index is 13.6. The van der Waals surface area contributed by atoms with Crippen molar-refractivity contribution in [1.82, 2.24) is 9.78 Å². The molecule has 0 fully saturated rings. The largest absolute Gasteiger partial charge is 0.497 e. The van der Waals surface area contributed by atoms with Gasteiger partial charge >= 0.3 is 0 Å². The Balaban J connectivity index is 1.73. The minimum absolute atomic E-state index is 0.0678. The van der Waals surface area contributed by atoms with Crippen molar-refractivity contribution in [1.29, 1.82) is 0 Å². The third-order valence-corrected chi connectivity index (χ3v) is 6.10. The van der Waals surface area contributed by atoms with Crippen molar-refractivity contribution in [3.8, 4) is 11.4 Å². The molecule has 0 saturated heterocycles. The van der Waals surface area contributed by atoms with E-state index in [9.17, 15) is 9.70 Å². The highest BCUT2D eigenvalue weighted by molar-refractivity contribution is 6.07. The molecule has 1 aliphatic rings. The summed E-state index contributed by atoms with van der Waals surface area (Å²) in [5, 5.41) is 7.57. The minimum atomic E-state index is -0.155. The average Bonchev–Trinajstić information content (AvgIpc) is 3.19. The van der Waals surface area contributed by atoms with E-state index in [-0.39, 0.29) is 17.9 Å². The normalized spacial score (nSPS) is 13.8. The topological polar surface area (TPSA) is 103 Å². The van der Waals surface area contributed by atoms with Crippen molar-refractivity contribution in [3.05, 3.63) is 76.0 Å². The van der Waals surface area contributed by atoms with Crippen LogP contribution in [0.3, 0.4) is 0 Å². The number of carbonyl (C=O) groups excluding carboxylic acids is 1. The summed E-state index contributed by atoms with van der Waals surface area (Å²) >= 11 is 0. The minimum Gasteiger partial charge on any atom is -0.497 e. The number of benzene rings is 2. The summed E-state index contributed by atoms with van der Waals surface area (Å²) in [4.78, 5) is 26.3. The van der Waals surface area contributed by atoms with Crippen molar-refractivity contribution >= 4 is 11.6 Å². The first-order chi connectivity index (χ1) is 15.4. The molecule has 0 aliphatic carbocycles. The first kappa shape index (κ1) is 21.7. The molecular formula is C24H27N5O3. The number of aromatic nitrogens is 2. The molecule has 3 aromatic rings. The monoisotopic (exact) mass is 433 g/mol. The molecule has 0 radical (unpaired) electrons. The average molecular weight is 434 g/mol. The Morgan fingerprint density at radius 2 is 1.75 bits per heavy atom. The fraction of sp³-hybridized carbons (Fsp3) is 0.333. The van der Waals surface area contributed by atoms with Crippen LogP contribution >= 0.6 is 0 Å². The maximum absolute atomic E-state index is 13.6. The fourth-order valence-corrected chi connectivity index (χ4v) is 3.99. The Hall–Kier alpha value is -3.52. The SMILES string of the molecule is COc1ccc(-n2nc(CN=O)c3c2C(=O)N(c2ccc(C(C)(C)CN)cc2)CC3)cc1. The van der Waals surface area contributed by atoms with E-state index in [4.69, 9.17) is 10.5 Å². The van der Waals surface area contributed by atoms with Crippen molar-refractivity contribution < 1.29 is 9.53 Å². The lowest BCUT2D eigenvalue weighted by Crippen LogP contribution is -2.39. The predicted molar refractivity (Wildman–Crippen MR) is 124 cm³/mol. The van der Waals surface area contributed by atoms with Crippen molar-refractivity contribution in [2.45, 2.75) is 32.2 Å². The predicted octanol–water partition coefficient (Wildman–Crippen LogP) is 3.59. The standard InChI is InChI=1S/C24H27N5O3/c1-24(2,15-25)16-4-6-17(7-5-16)28-13-12-20-21(14-26-31)27-29(22(20)23(28)30)18-8-10-19(32-3)11-9-18/h4-11H,12-15,25H2,1-3H3. The van der Waals surface area contributed by atoms with Gasteiger partial charge in [0.25, 0.3) is 5.91 Å². The van der Waals surface area contributed by atoms with E-state index in [2.05, 4.69) is 24.1 Å². The van der Waals surface area contributed by atoms with Gasteiger partial charge in [-0.15, -0.1) is 0 Å². The number of rotatable bonds is 7.